The number of rotatable bonds is 3. The van der Waals surface area contributed by atoms with Gasteiger partial charge in [0.15, 0.2) is 0 Å². The molecule has 4 aromatic carbocycles. The molecule has 0 unspecified atom stereocenters. The van der Waals surface area contributed by atoms with Gasteiger partial charge in [-0.2, -0.15) is 0 Å². The van der Waals surface area contributed by atoms with Crippen molar-refractivity contribution in [3.8, 4) is 28.5 Å². The molecule has 0 radical (unpaired) electrons. The standard InChI is InChI=1S/C46H45N4O.Pt/c1-44(2,3)29-22-23-47-41(27-29)50-38-17-13-11-15-32(38)34-20-21-40(48-43(34)50)49-37-16-12-10-14-31(37)33-19-18-28(24-39(33)49)35-25-30(45(4,5)6)26-36(42(35)51)46(7,8)9;/h10-23,25-27,51H,1-9H3;/q-1;. The molecule has 0 aliphatic heterocycles. The zero-order chi connectivity index (χ0) is 36.0. The molecule has 8 aromatic rings. The van der Waals surface area contributed by atoms with Gasteiger partial charge < -0.3 is 9.67 Å². The number of benzene rings is 4. The molecule has 0 fully saturated rings. The Labute approximate surface area is 320 Å². The minimum absolute atomic E-state index is 0. The van der Waals surface area contributed by atoms with Gasteiger partial charge in [0.2, 0.25) is 0 Å². The maximum absolute atomic E-state index is 11.8. The summed E-state index contributed by atoms with van der Waals surface area (Å²) in [5, 5.41) is 16.2. The Morgan fingerprint density at radius 1 is 0.577 bits per heavy atom. The summed E-state index contributed by atoms with van der Waals surface area (Å²) in [5.74, 6) is 1.95. The third kappa shape index (κ3) is 5.84. The number of fused-ring (bicyclic) bond motifs is 6. The van der Waals surface area contributed by atoms with Gasteiger partial charge in [0.1, 0.15) is 17.3 Å². The van der Waals surface area contributed by atoms with Crippen LogP contribution < -0.4 is 0 Å². The van der Waals surface area contributed by atoms with E-state index in [1.54, 1.807) is 0 Å². The molecule has 0 bridgehead atoms. The Morgan fingerprint density at radius 3 is 1.85 bits per heavy atom. The minimum atomic E-state index is -0.238. The number of aromatic nitrogens is 4. The maximum atomic E-state index is 11.8. The first kappa shape index (κ1) is 35.7. The summed E-state index contributed by atoms with van der Waals surface area (Å²) in [6, 6.07) is 37.8. The van der Waals surface area contributed by atoms with Crippen LogP contribution in [0.15, 0.2) is 103 Å². The van der Waals surface area contributed by atoms with Gasteiger partial charge in [0.25, 0.3) is 0 Å². The van der Waals surface area contributed by atoms with Crippen molar-refractivity contribution < 1.29 is 26.2 Å². The smallest absolute Gasteiger partial charge is 0.149 e. The molecule has 0 atom stereocenters. The SMILES string of the molecule is CC(C)(C)c1ccnc(-n2c3ccccc3c3ccc(-n4c5[c-]c(-c6cc(C(C)(C)C)cc(C(C)(C)C)c6O)ccc5c5ccccc54)nc32)c1.[Pt]. The third-order valence-corrected chi connectivity index (χ3v) is 10.2. The summed E-state index contributed by atoms with van der Waals surface area (Å²) < 4.78 is 4.40. The molecule has 0 aliphatic carbocycles. The van der Waals surface area contributed by atoms with Crippen LogP contribution in [-0.2, 0) is 37.3 Å². The van der Waals surface area contributed by atoms with E-state index < -0.39 is 0 Å². The van der Waals surface area contributed by atoms with Crippen molar-refractivity contribution in [2.45, 2.75) is 78.6 Å². The number of nitrogens with zero attached hydrogens (tertiary/aromatic N) is 4. The molecule has 0 aliphatic rings. The second-order valence-corrected chi connectivity index (χ2v) is 17.0. The van der Waals surface area contributed by atoms with E-state index in [1.807, 2.05) is 6.20 Å². The predicted molar refractivity (Wildman–Crippen MR) is 213 cm³/mol. The van der Waals surface area contributed by atoms with Crippen LogP contribution in [0, 0.1) is 6.07 Å². The Morgan fingerprint density at radius 2 is 1.19 bits per heavy atom. The molecule has 4 aromatic heterocycles. The summed E-state index contributed by atoms with van der Waals surface area (Å²) in [6.07, 6.45) is 1.90. The van der Waals surface area contributed by atoms with Crippen LogP contribution in [0.1, 0.15) is 79.0 Å². The van der Waals surface area contributed by atoms with Crippen molar-refractivity contribution in [2.75, 3.05) is 0 Å². The fraction of sp³-hybridized carbons (Fsp3) is 0.261. The number of hydrogen-bond acceptors (Lipinski definition) is 3. The van der Waals surface area contributed by atoms with Gasteiger partial charge >= 0.3 is 0 Å². The zero-order valence-electron chi connectivity index (χ0n) is 31.4. The van der Waals surface area contributed by atoms with Gasteiger partial charge in [-0.15, -0.1) is 23.8 Å². The van der Waals surface area contributed by atoms with E-state index in [2.05, 4.69) is 175 Å². The Hall–Kier alpha value is -4.73. The molecule has 4 heterocycles. The van der Waals surface area contributed by atoms with Crippen molar-refractivity contribution in [1.82, 2.24) is 19.1 Å². The van der Waals surface area contributed by atoms with E-state index >= 15 is 0 Å². The molecule has 1 N–H and O–H groups in total. The Balaban J connectivity index is 0.00000420. The third-order valence-electron chi connectivity index (χ3n) is 10.2. The predicted octanol–water partition coefficient (Wildman–Crippen LogP) is 11.7. The normalized spacial score (nSPS) is 12.6. The Kier molecular flexibility index (Phi) is 8.54. The quantitative estimate of drug-likeness (QED) is 0.180. The van der Waals surface area contributed by atoms with E-state index in [1.165, 1.54) is 11.1 Å². The monoisotopic (exact) mass is 864 g/mol. The van der Waals surface area contributed by atoms with E-state index in [0.29, 0.717) is 5.75 Å². The summed E-state index contributed by atoms with van der Waals surface area (Å²) >= 11 is 0. The summed E-state index contributed by atoms with van der Waals surface area (Å²) in [7, 11) is 0. The first-order valence-electron chi connectivity index (χ1n) is 17.8. The molecule has 0 saturated heterocycles. The summed E-state index contributed by atoms with van der Waals surface area (Å²) in [5.41, 5.74) is 8.47. The molecule has 266 valence electrons. The second-order valence-electron chi connectivity index (χ2n) is 17.0. The molecule has 0 amide bonds. The largest absolute Gasteiger partial charge is 0.517 e. The number of para-hydroxylation sites is 2. The number of aromatic hydroxyl groups is 1. The molecule has 5 nitrogen and oxygen atoms in total. The summed E-state index contributed by atoms with van der Waals surface area (Å²) in [6.45, 7) is 19.8. The average molecular weight is 865 g/mol. The fourth-order valence-corrected chi connectivity index (χ4v) is 7.33. The first-order valence-corrected chi connectivity index (χ1v) is 17.8. The molecular formula is C46H45N4OPt-. The molecule has 52 heavy (non-hydrogen) atoms. The average Bonchev–Trinajstić information content (AvgIpc) is 3.59. The number of hydrogen-bond donors (Lipinski definition) is 1. The van der Waals surface area contributed by atoms with Gasteiger partial charge in [-0.25, -0.2) is 9.97 Å². The maximum Gasteiger partial charge on any atom is 0.149 e. The van der Waals surface area contributed by atoms with Gasteiger partial charge in [0, 0.05) is 43.6 Å². The Bertz CT molecular complexity index is 2660. The zero-order valence-corrected chi connectivity index (χ0v) is 33.6. The van der Waals surface area contributed by atoms with Crippen LogP contribution in [-0.4, -0.2) is 24.2 Å². The van der Waals surface area contributed by atoms with Crippen molar-refractivity contribution >= 4 is 43.7 Å². The van der Waals surface area contributed by atoms with Crippen molar-refractivity contribution in [3.05, 3.63) is 126 Å². The van der Waals surface area contributed by atoms with Crippen LogP contribution in [0.25, 0.3) is 66.5 Å². The van der Waals surface area contributed by atoms with Crippen LogP contribution in [0.4, 0.5) is 0 Å². The number of phenols is 1. The van der Waals surface area contributed by atoms with Crippen molar-refractivity contribution in [3.63, 3.8) is 0 Å². The van der Waals surface area contributed by atoms with Crippen LogP contribution in [0.5, 0.6) is 5.75 Å². The van der Waals surface area contributed by atoms with Crippen LogP contribution in [0.2, 0.25) is 0 Å². The van der Waals surface area contributed by atoms with Gasteiger partial charge in [-0.1, -0.05) is 127 Å². The topological polar surface area (TPSA) is 55.9 Å². The van der Waals surface area contributed by atoms with E-state index in [9.17, 15) is 5.11 Å². The molecule has 0 saturated carbocycles. The molecule has 6 heteroatoms. The van der Waals surface area contributed by atoms with Crippen LogP contribution >= 0.6 is 0 Å². The molecule has 0 spiro atoms. The van der Waals surface area contributed by atoms with Gasteiger partial charge in [-0.3, -0.25) is 4.57 Å². The molecule has 8 rings (SSSR count). The fourth-order valence-electron chi connectivity index (χ4n) is 7.33. The van der Waals surface area contributed by atoms with E-state index in [0.717, 1.165) is 72.1 Å². The van der Waals surface area contributed by atoms with Crippen molar-refractivity contribution in [2.24, 2.45) is 0 Å². The van der Waals surface area contributed by atoms with Crippen LogP contribution in [0.3, 0.4) is 0 Å². The summed E-state index contributed by atoms with van der Waals surface area (Å²) in [4.78, 5) is 10.3. The second kappa shape index (κ2) is 12.4. The number of phenolic OH excluding ortho intramolecular Hbond substituents is 1. The van der Waals surface area contributed by atoms with E-state index in [-0.39, 0.29) is 37.3 Å². The first-order chi connectivity index (χ1) is 24.1. The number of pyridine rings is 2. The molecular weight excluding hydrogens is 820 g/mol. The van der Waals surface area contributed by atoms with Crippen molar-refractivity contribution in [1.29, 1.82) is 0 Å². The minimum Gasteiger partial charge on any atom is -0.517 e. The van der Waals surface area contributed by atoms with E-state index in [4.69, 9.17) is 9.97 Å². The van der Waals surface area contributed by atoms with Gasteiger partial charge in [0.05, 0.1) is 11.3 Å². The van der Waals surface area contributed by atoms with Gasteiger partial charge in [-0.05, 0) is 74.7 Å².